The predicted octanol–water partition coefficient (Wildman–Crippen LogP) is 4.96. The van der Waals surface area contributed by atoms with Crippen molar-refractivity contribution in [2.75, 3.05) is 0 Å². The average Bonchev–Trinajstić information content (AvgIpc) is 2.71. The van der Waals surface area contributed by atoms with Crippen molar-refractivity contribution in [2.24, 2.45) is 0 Å². The molecule has 2 nitrogen and oxygen atoms in total. The molecule has 1 heterocycles. The smallest absolute Gasteiger partial charge is 0.182 e. The molecule has 2 aromatic carbocycles. The van der Waals surface area contributed by atoms with Crippen LogP contribution in [-0.4, -0.2) is 9.55 Å². The fourth-order valence-electron chi connectivity index (χ4n) is 2.32. The van der Waals surface area contributed by atoms with Crippen LogP contribution in [0, 0.1) is 18.6 Å². The Morgan fingerprint density at radius 2 is 1.84 bits per heavy atom. The minimum Gasteiger partial charge on any atom is -0.330 e. The highest BCUT2D eigenvalue weighted by atomic mass is 35.5. The Morgan fingerprint density at radius 3 is 2.63 bits per heavy atom. The summed E-state index contributed by atoms with van der Waals surface area (Å²) in [6.07, 6.45) is 0. The molecule has 0 fully saturated rings. The molecule has 3 aromatic rings. The number of aromatic amines is 1. The summed E-state index contributed by atoms with van der Waals surface area (Å²) >= 11 is 11.8. The van der Waals surface area contributed by atoms with Crippen LogP contribution >= 0.6 is 23.8 Å². The number of nitrogens with one attached hydrogen (secondary N) is 1. The maximum absolute atomic E-state index is 6.33. The highest BCUT2D eigenvalue weighted by molar-refractivity contribution is 7.71. The first-order chi connectivity index (χ1) is 9.09. The van der Waals surface area contributed by atoms with Gasteiger partial charge in [-0.25, -0.2) is 0 Å². The Hall–Kier alpha value is -1.58. The second-order valence-electron chi connectivity index (χ2n) is 4.62. The third kappa shape index (κ3) is 1.90. The third-order valence-corrected chi connectivity index (χ3v) is 4.06. The van der Waals surface area contributed by atoms with Crippen molar-refractivity contribution in [1.29, 1.82) is 0 Å². The van der Waals surface area contributed by atoms with E-state index in [1.54, 1.807) is 0 Å². The number of hydrogen-bond donors (Lipinski definition) is 1. The second-order valence-corrected chi connectivity index (χ2v) is 5.41. The molecule has 0 saturated heterocycles. The predicted molar refractivity (Wildman–Crippen MR) is 82.9 cm³/mol. The Labute approximate surface area is 121 Å². The third-order valence-electron chi connectivity index (χ3n) is 3.47. The van der Waals surface area contributed by atoms with E-state index in [4.69, 9.17) is 23.8 Å². The van der Waals surface area contributed by atoms with E-state index in [0.717, 1.165) is 16.7 Å². The van der Waals surface area contributed by atoms with Gasteiger partial charge in [0.25, 0.3) is 0 Å². The molecule has 1 aromatic heterocycles. The number of para-hydroxylation sites is 1. The van der Waals surface area contributed by atoms with Crippen LogP contribution < -0.4 is 0 Å². The van der Waals surface area contributed by atoms with Crippen LogP contribution in [0.3, 0.4) is 0 Å². The summed E-state index contributed by atoms with van der Waals surface area (Å²) in [6.45, 7) is 4.20. The number of aromatic nitrogens is 2. The molecule has 0 amide bonds. The molecule has 19 heavy (non-hydrogen) atoms. The van der Waals surface area contributed by atoms with Gasteiger partial charge >= 0.3 is 0 Å². The molecule has 0 spiro atoms. The Kier molecular flexibility index (Phi) is 2.96. The molecule has 3 rings (SSSR count). The minimum absolute atomic E-state index is 0.664. The highest BCUT2D eigenvalue weighted by Crippen LogP contribution is 2.28. The fourth-order valence-corrected chi connectivity index (χ4v) is 2.88. The molecule has 1 N–H and O–H groups in total. The standard InChI is InChI=1S/C15H13ClN2S/c1-9-5-3-8-13(10(9)2)18-14-11(16)6-4-7-12(14)17-15(18)19/h3-8H,1-2H3,(H,17,19). The SMILES string of the molecule is Cc1cccc(-n2c(=S)[nH]c3cccc(Cl)c32)c1C. The first-order valence-corrected chi connectivity index (χ1v) is 6.84. The Bertz CT molecular complexity index is 830. The van der Waals surface area contributed by atoms with Crippen LogP contribution in [0.1, 0.15) is 11.1 Å². The average molecular weight is 289 g/mol. The van der Waals surface area contributed by atoms with Gasteiger partial charge in [-0.3, -0.25) is 4.57 Å². The van der Waals surface area contributed by atoms with Gasteiger partial charge in [-0.15, -0.1) is 0 Å². The first kappa shape index (κ1) is 12.5. The number of imidazole rings is 1. The number of benzene rings is 2. The molecule has 0 saturated carbocycles. The van der Waals surface area contributed by atoms with Crippen LogP contribution in [0.5, 0.6) is 0 Å². The van der Waals surface area contributed by atoms with Crippen molar-refractivity contribution in [3.63, 3.8) is 0 Å². The minimum atomic E-state index is 0.664. The molecule has 0 bridgehead atoms. The van der Waals surface area contributed by atoms with Crippen LogP contribution in [0.4, 0.5) is 0 Å². The summed E-state index contributed by atoms with van der Waals surface area (Å²) in [5, 5.41) is 0.700. The Morgan fingerprint density at radius 1 is 1.11 bits per heavy atom. The van der Waals surface area contributed by atoms with E-state index >= 15 is 0 Å². The zero-order valence-electron chi connectivity index (χ0n) is 10.7. The summed E-state index contributed by atoms with van der Waals surface area (Å²) in [7, 11) is 0. The molecular weight excluding hydrogens is 276 g/mol. The van der Waals surface area contributed by atoms with Crippen LogP contribution in [0.25, 0.3) is 16.7 Å². The summed E-state index contributed by atoms with van der Waals surface area (Å²) in [4.78, 5) is 3.21. The monoisotopic (exact) mass is 288 g/mol. The summed E-state index contributed by atoms with van der Waals surface area (Å²) in [6, 6.07) is 12.0. The second kappa shape index (κ2) is 4.51. The number of rotatable bonds is 1. The lowest BCUT2D eigenvalue weighted by molar-refractivity contribution is 1.04. The van der Waals surface area contributed by atoms with Gasteiger partial charge in [0, 0.05) is 0 Å². The van der Waals surface area contributed by atoms with Crippen molar-refractivity contribution >= 4 is 34.9 Å². The molecule has 0 aliphatic heterocycles. The van der Waals surface area contributed by atoms with Crippen molar-refractivity contribution in [3.8, 4) is 5.69 Å². The van der Waals surface area contributed by atoms with Gasteiger partial charge in [0.15, 0.2) is 4.77 Å². The van der Waals surface area contributed by atoms with Crippen molar-refractivity contribution < 1.29 is 0 Å². The first-order valence-electron chi connectivity index (χ1n) is 6.05. The van der Waals surface area contributed by atoms with E-state index in [-0.39, 0.29) is 0 Å². The van der Waals surface area contributed by atoms with E-state index in [0.29, 0.717) is 9.79 Å². The number of aryl methyl sites for hydroxylation is 1. The molecule has 0 aliphatic carbocycles. The maximum atomic E-state index is 6.33. The summed E-state index contributed by atoms with van der Waals surface area (Å²) in [5.74, 6) is 0. The van der Waals surface area contributed by atoms with Gasteiger partial charge in [-0.2, -0.15) is 0 Å². The van der Waals surface area contributed by atoms with E-state index in [9.17, 15) is 0 Å². The van der Waals surface area contributed by atoms with Gasteiger partial charge in [0.05, 0.1) is 21.7 Å². The van der Waals surface area contributed by atoms with E-state index in [1.807, 2.05) is 28.8 Å². The lowest BCUT2D eigenvalue weighted by atomic mass is 10.1. The quantitative estimate of drug-likeness (QED) is 0.628. The fraction of sp³-hybridized carbons (Fsp3) is 0.133. The molecule has 0 aliphatic rings. The molecule has 0 unspecified atom stereocenters. The number of fused-ring (bicyclic) bond motifs is 1. The molecule has 0 radical (unpaired) electrons. The Balaban J connectivity index is 2.46. The van der Waals surface area contributed by atoms with E-state index in [2.05, 4.69) is 31.0 Å². The molecular formula is C15H13ClN2S. The van der Waals surface area contributed by atoms with Crippen LogP contribution in [-0.2, 0) is 0 Å². The largest absolute Gasteiger partial charge is 0.330 e. The zero-order valence-corrected chi connectivity index (χ0v) is 12.3. The van der Waals surface area contributed by atoms with E-state index < -0.39 is 0 Å². The van der Waals surface area contributed by atoms with Crippen molar-refractivity contribution in [3.05, 3.63) is 57.3 Å². The lowest BCUT2D eigenvalue weighted by Crippen LogP contribution is -1.98. The maximum Gasteiger partial charge on any atom is 0.182 e. The summed E-state index contributed by atoms with van der Waals surface area (Å²) < 4.78 is 2.67. The van der Waals surface area contributed by atoms with Crippen LogP contribution in [0.15, 0.2) is 36.4 Å². The van der Waals surface area contributed by atoms with Crippen LogP contribution in [0.2, 0.25) is 5.02 Å². The lowest BCUT2D eigenvalue weighted by Gasteiger charge is -2.11. The topological polar surface area (TPSA) is 20.7 Å². The van der Waals surface area contributed by atoms with E-state index in [1.165, 1.54) is 11.1 Å². The van der Waals surface area contributed by atoms with Gasteiger partial charge in [0.2, 0.25) is 0 Å². The van der Waals surface area contributed by atoms with Gasteiger partial charge in [-0.05, 0) is 55.4 Å². The van der Waals surface area contributed by atoms with Gasteiger partial charge in [0.1, 0.15) is 0 Å². The van der Waals surface area contributed by atoms with Crippen molar-refractivity contribution in [1.82, 2.24) is 9.55 Å². The molecule has 4 heteroatoms. The number of halogens is 1. The van der Waals surface area contributed by atoms with Gasteiger partial charge < -0.3 is 4.98 Å². The van der Waals surface area contributed by atoms with Crippen molar-refractivity contribution in [2.45, 2.75) is 13.8 Å². The number of H-pyrrole nitrogens is 1. The zero-order chi connectivity index (χ0) is 13.6. The number of hydrogen-bond acceptors (Lipinski definition) is 1. The van der Waals surface area contributed by atoms with Gasteiger partial charge in [-0.1, -0.05) is 29.8 Å². The molecule has 0 atom stereocenters. The number of nitrogens with zero attached hydrogens (tertiary/aromatic N) is 1. The summed E-state index contributed by atoms with van der Waals surface area (Å²) in [5.41, 5.74) is 5.41. The molecule has 96 valence electrons. The normalized spacial score (nSPS) is 11.1. The highest BCUT2D eigenvalue weighted by Gasteiger charge is 2.11.